The van der Waals surface area contributed by atoms with E-state index in [9.17, 15) is 4.79 Å². The van der Waals surface area contributed by atoms with Crippen molar-refractivity contribution >= 4 is 17.5 Å². The maximum Gasteiger partial charge on any atom is 0.253 e. The Morgan fingerprint density at radius 3 is 2.90 bits per heavy atom. The van der Waals surface area contributed by atoms with Gasteiger partial charge in [-0.15, -0.1) is 5.10 Å². The average Bonchev–Trinajstić information content (AvgIpc) is 3.00. The molecule has 0 bridgehead atoms. The number of benzene rings is 1. The number of amides is 1. The fourth-order valence-corrected chi connectivity index (χ4v) is 2.17. The lowest BCUT2D eigenvalue weighted by atomic mass is 10.1. The third-order valence-electron chi connectivity index (χ3n) is 3.12. The van der Waals surface area contributed by atoms with Crippen LogP contribution in [-0.4, -0.2) is 43.9 Å². The van der Waals surface area contributed by atoms with Crippen molar-refractivity contribution in [3.63, 3.8) is 0 Å². The zero-order valence-corrected chi connectivity index (χ0v) is 12.3. The van der Waals surface area contributed by atoms with Gasteiger partial charge in [0, 0.05) is 12.6 Å². The van der Waals surface area contributed by atoms with Crippen LogP contribution in [0.25, 0.3) is 5.69 Å². The molecule has 0 radical (unpaired) electrons. The number of hydrogen-bond donors (Lipinski definition) is 2. The van der Waals surface area contributed by atoms with Gasteiger partial charge in [-0.25, -0.2) is 4.68 Å². The third-order valence-corrected chi connectivity index (χ3v) is 3.43. The predicted octanol–water partition coefficient (Wildman–Crippen LogP) is 1.21. The summed E-state index contributed by atoms with van der Waals surface area (Å²) >= 11 is 6.15. The molecule has 0 spiro atoms. The minimum atomic E-state index is -0.261. The molecule has 1 atom stereocenters. The summed E-state index contributed by atoms with van der Waals surface area (Å²) < 4.78 is 1.45. The lowest BCUT2D eigenvalue weighted by Crippen LogP contribution is -2.35. The highest BCUT2D eigenvalue weighted by Gasteiger charge is 2.15. The smallest absolute Gasteiger partial charge is 0.253 e. The Hall–Kier alpha value is -1.99. The summed E-state index contributed by atoms with van der Waals surface area (Å²) in [4.78, 5) is 12.2. The van der Waals surface area contributed by atoms with Crippen molar-refractivity contribution in [1.29, 1.82) is 0 Å². The van der Waals surface area contributed by atoms with Gasteiger partial charge >= 0.3 is 0 Å². The van der Waals surface area contributed by atoms with Crippen LogP contribution in [0.5, 0.6) is 0 Å². The molecule has 2 N–H and O–H groups in total. The first kappa shape index (κ1) is 15.4. The predicted molar refractivity (Wildman–Crippen MR) is 77.4 cm³/mol. The van der Waals surface area contributed by atoms with Gasteiger partial charge in [0.2, 0.25) is 0 Å². The molecule has 1 aromatic carbocycles. The summed E-state index contributed by atoms with van der Waals surface area (Å²) in [6, 6.07) is 4.89. The van der Waals surface area contributed by atoms with Crippen molar-refractivity contribution in [1.82, 2.24) is 25.5 Å². The second-order valence-corrected chi connectivity index (χ2v) is 4.92. The second kappa shape index (κ2) is 7.14. The van der Waals surface area contributed by atoms with Gasteiger partial charge in [0.15, 0.2) is 0 Å². The number of nitrogens with one attached hydrogen (secondary N) is 1. The second-order valence-electron chi connectivity index (χ2n) is 4.51. The van der Waals surface area contributed by atoms with Gasteiger partial charge in [-0.1, -0.05) is 18.5 Å². The number of aliphatic hydroxyl groups excluding tert-OH is 1. The van der Waals surface area contributed by atoms with Gasteiger partial charge in [0.05, 0.1) is 16.3 Å². The Kier molecular flexibility index (Phi) is 5.24. The summed E-state index contributed by atoms with van der Waals surface area (Å²) in [5.41, 5.74) is 1.05. The Balaban J connectivity index is 2.15. The molecule has 0 aliphatic carbocycles. The summed E-state index contributed by atoms with van der Waals surface area (Å²) in [6.45, 7) is 1.98. The van der Waals surface area contributed by atoms with Gasteiger partial charge in [-0.2, -0.15) is 0 Å². The van der Waals surface area contributed by atoms with Gasteiger partial charge in [-0.05, 0) is 41.5 Å². The van der Waals surface area contributed by atoms with Gasteiger partial charge < -0.3 is 10.4 Å². The van der Waals surface area contributed by atoms with Crippen LogP contribution in [-0.2, 0) is 0 Å². The molecule has 1 heterocycles. The fourth-order valence-electron chi connectivity index (χ4n) is 1.91. The highest BCUT2D eigenvalue weighted by molar-refractivity contribution is 6.34. The van der Waals surface area contributed by atoms with Crippen LogP contribution in [0, 0.1) is 0 Å². The SMILES string of the molecule is CCC(CCO)NC(=O)c1ccc(-n2cnnn2)cc1Cl. The maximum atomic E-state index is 12.2. The van der Waals surface area contributed by atoms with Crippen LogP contribution >= 0.6 is 11.6 Å². The van der Waals surface area contributed by atoms with E-state index in [1.165, 1.54) is 11.0 Å². The molecule has 21 heavy (non-hydrogen) atoms. The number of aromatic nitrogens is 4. The Labute approximate surface area is 126 Å². The molecule has 2 rings (SSSR count). The van der Waals surface area contributed by atoms with Crippen molar-refractivity contribution in [3.05, 3.63) is 35.1 Å². The molecule has 0 aliphatic rings. The summed E-state index contributed by atoms with van der Waals surface area (Å²) in [5.74, 6) is -0.261. The van der Waals surface area contributed by atoms with E-state index < -0.39 is 0 Å². The number of tetrazole rings is 1. The van der Waals surface area contributed by atoms with Crippen molar-refractivity contribution in [2.45, 2.75) is 25.8 Å². The van der Waals surface area contributed by atoms with E-state index in [-0.39, 0.29) is 18.6 Å². The molecular weight excluding hydrogens is 294 g/mol. The highest BCUT2D eigenvalue weighted by Crippen LogP contribution is 2.20. The van der Waals surface area contributed by atoms with E-state index in [0.717, 1.165) is 6.42 Å². The fraction of sp³-hybridized carbons (Fsp3) is 0.385. The average molecular weight is 310 g/mol. The van der Waals surface area contributed by atoms with E-state index in [1.807, 2.05) is 6.92 Å². The molecule has 0 saturated carbocycles. The molecule has 0 aliphatic heterocycles. The van der Waals surface area contributed by atoms with E-state index >= 15 is 0 Å². The van der Waals surface area contributed by atoms with Crippen LogP contribution in [0.15, 0.2) is 24.5 Å². The highest BCUT2D eigenvalue weighted by atomic mass is 35.5. The number of hydrogen-bond acceptors (Lipinski definition) is 5. The number of carbonyl (C=O) groups excluding carboxylic acids is 1. The molecule has 0 saturated heterocycles. The minimum absolute atomic E-state index is 0.0325. The number of halogens is 1. The van der Waals surface area contributed by atoms with Crippen molar-refractivity contribution < 1.29 is 9.90 Å². The summed E-state index contributed by atoms with van der Waals surface area (Å²) in [6.07, 6.45) is 2.70. The van der Waals surface area contributed by atoms with Crippen molar-refractivity contribution in [2.75, 3.05) is 6.61 Å². The number of rotatable bonds is 6. The molecule has 2 aromatic rings. The van der Waals surface area contributed by atoms with E-state index in [2.05, 4.69) is 20.8 Å². The standard InChI is InChI=1S/C13H16ClN5O2/c1-2-9(5-6-20)16-13(21)11-4-3-10(7-12(11)14)19-8-15-17-18-19/h3-4,7-9,20H,2,5-6H2,1H3,(H,16,21). The summed E-state index contributed by atoms with van der Waals surface area (Å²) in [7, 11) is 0. The van der Waals surface area contributed by atoms with Crippen molar-refractivity contribution in [3.8, 4) is 5.69 Å². The van der Waals surface area contributed by atoms with Gasteiger partial charge in [0.1, 0.15) is 6.33 Å². The lowest BCUT2D eigenvalue weighted by molar-refractivity contribution is 0.0929. The number of aliphatic hydroxyl groups is 1. The molecule has 112 valence electrons. The van der Waals surface area contributed by atoms with Crippen LogP contribution < -0.4 is 5.32 Å². The Bertz CT molecular complexity index is 603. The quantitative estimate of drug-likeness (QED) is 0.836. The summed E-state index contributed by atoms with van der Waals surface area (Å²) in [5, 5.41) is 23.0. The first-order chi connectivity index (χ1) is 10.2. The number of carbonyl (C=O) groups is 1. The molecule has 0 fully saturated rings. The van der Waals surface area contributed by atoms with Crippen molar-refractivity contribution in [2.24, 2.45) is 0 Å². The topological polar surface area (TPSA) is 92.9 Å². The molecule has 1 aromatic heterocycles. The minimum Gasteiger partial charge on any atom is -0.396 e. The Morgan fingerprint density at radius 2 is 2.33 bits per heavy atom. The van der Waals surface area contributed by atoms with Crippen LogP contribution in [0.2, 0.25) is 5.02 Å². The van der Waals surface area contributed by atoms with Crippen LogP contribution in [0.3, 0.4) is 0 Å². The molecule has 1 unspecified atom stereocenters. The van der Waals surface area contributed by atoms with Gasteiger partial charge in [-0.3, -0.25) is 4.79 Å². The molecular formula is C13H16ClN5O2. The normalized spacial score (nSPS) is 12.1. The number of nitrogens with zero attached hydrogens (tertiary/aromatic N) is 4. The van der Waals surface area contributed by atoms with Crippen LogP contribution in [0.1, 0.15) is 30.1 Å². The first-order valence-corrected chi connectivity index (χ1v) is 6.98. The monoisotopic (exact) mass is 309 g/mol. The molecule has 1 amide bonds. The van der Waals surface area contributed by atoms with Gasteiger partial charge in [0.25, 0.3) is 5.91 Å². The lowest BCUT2D eigenvalue weighted by Gasteiger charge is -2.16. The van der Waals surface area contributed by atoms with E-state index in [1.54, 1.807) is 18.2 Å². The van der Waals surface area contributed by atoms with Crippen LogP contribution in [0.4, 0.5) is 0 Å². The Morgan fingerprint density at radius 1 is 1.52 bits per heavy atom. The molecule has 7 nitrogen and oxygen atoms in total. The zero-order valence-electron chi connectivity index (χ0n) is 11.5. The largest absolute Gasteiger partial charge is 0.396 e. The van der Waals surface area contributed by atoms with E-state index in [0.29, 0.717) is 22.7 Å². The zero-order chi connectivity index (χ0) is 15.2. The van der Waals surface area contributed by atoms with E-state index in [4.69, 9.17) is 16.7 Å². The molecule has 8 heteroatoms. The maximum absolute atomic E-state index is 12.2. The third kappa shape index (κ3) is 3.77. The first-order valence-electron chi connectivity index (χ1n) is 6.60.